The minimum atomic E-state index is 0.363. The highest BCUT2D eigenvalue weighted by Crippen LogP contribution is 2.19. The van der Waals surface area contributed by atoms with Gasteiger partial charge in [-0.2, -0.15) is 0 Å². The number of nitrogens with zero attached hydrogens (tertiary/aromatic N) is 2. The normalized spacial score (nSPS) is 11.7. The Morgan fingerprint density at radius 1 is 1.26 bits per heavy atom. The first-order chi connectivity index (χ1) is 11.3. The van der Waals surface area contributed by atoms with Crippen molar-refractivity contribution in [2.45, 2.75) is 0 Å². The Balaban J connectivity index is 2.01. The fourth-order valence-electron chi connectivity index (χ4n) is 2.27. The van der Waals surface area contributed by atoms with Gasteiger partial charge >= 0.3 is 0 Å². The third-order valence-corrected chi connectivity index (χ3v) is 3.41. The second kappa shape index (κ2) is 6.93. The monoisotopic (exact) mass is 310 g/mol. The first kappa shape index (κ1) is 15.1. The highest BCUT2D eigenvalue weighted by atomic mass is 16.6. The van der Waals surface area contributed by atoms with Gasteiger partial charge in [0.2, 0.25) is 0 Å². The summed E-state index contributed by atoms with van der Waals surface area (Å²) in [6, 6.07) is 11.6. The molecule has 23 heavy (non-hydrogen) atoms. The molecule has 3 aromatic rings. The van der Waals surface area contributed by atoms with Gasteiger partial charge in [-0.1, -0.05) is 5.16 Å². The summed E-state index contributed by atoms with van der Waals surface area (Å²) in [6.45, 7) is 0.775. The van der Waals surface area contributed by atoms with Crippen LogP contribution in [0.5, 0.6) is 5.75 Å². The van der Waals surface area contributed by atoms with Crippen LogP contribution in [0.2, 0.25) is 0 Å². The number of hydrogen-bond donors (Lipinski definition) is 2. The number of nitrogens with one attached hydrogen (secondary N) is 1. The average Bonchev–Trinajstić information content (AvgIpc) is 3.02. The summed E-state index contributed by atoms with van der Waals surface area (Å²) < 4.78 is 5.20. The molecular weight excluding hydrogens is 292 g/mol. The Morgan fingerprint density at radius 3 is 2.78 bits per heavy atom. The minimum Gasteiger partial charge on any atom is -0.497 e. The van der Waals surface area contributed by atoms with Gasteiger partial charge in [0.1, 0.15) is 18.1 Å². The number of methoxy groups -OCH3 is 1. The van der Waals surface area contributed by atoms with E-state index >= 15 is 0 Å². The maximum atomic E-state index is 5.46. The molecule has 6 nitrogen and oxygen atoms in total. The maximum absolute atomic E-state index is 5.46. The van der Waals surface area contributed by atoms with E-state index in [1.165, 1.54) is 0 Å². The highest BCUT2D eigenvalue weighted by molar-refractivity contribution is 6.13. The van der Waals surface area contributed by atoms with Gasteiger partial charge in [0.05, 0.1) is 24.5 Å². The smallest absolute Gasteiger partial charge is 0.133 e. The SMILES string of the molecule is COc1ccc(/C(=N\OCCN)c2cc3ccncc3[nH]2)cc1. The zero-order valence-corrected chi connectivity index (χ0v) is 12.8. The van der Waals surface area contributed by atoms with Crippen LogP contribution in [0.15, 0.2) is 53.9 Å². The lowest BCUT2D eigenvalue weighted by Crippen LogP contribution is -2.09. The van der Waals surface area contributed by atoms with Crippen LogP contribution in [-0.4, -0.2) is 35.9 Å². The van der Waals surface area contributed by atoms with Gasteiger partial charge in [0.15, 0.2) is 0 Å². The maximum Gasteiger partial charge on any atom is 0.133 e. The van der Waals surface area contributed by atoms with Crippen molar-refractivity contribution in [1.29, 1.82) is 0 Å². The fraction of sp³-hybridized carbons (Fsp3) is 0.176. The molecule has 6 heteroatoms. The predicted molar refractivity (Wildman–Crippen MR) is 89.7 cm³/mol. The number of oxime groups is 1. The summed E-state index contributed by atoms with van der Waals surface area (Å²) in [5.41, 5.74) is 8.89. The largest absolute Gasteiger partial charge is 0.497 e. The zero-order valence-electron chi connectivity index (χ0n) is 12.8. The van der Waals surface area contributed by atoms with E-state index in [0.29, 0.717) is 18.9 Å². The number of ether oxygens (including phenoxy) is 1. The molecule has 118 valence electrons. The number of nitrogens with two attached hydrogens (primary N) is 1. The van der Waals surface area contributed by atoms with Gasteiger partial charge < -0.3 is 20.3 Å². The number of fused-ring (bicyclic) bond motifs is 1. The Hall–Kier alpha value is -2.86. The standard InChI is InChI=1S/C17H18N4O2/c1-22-14-4-2-12(3-5-14)17(21-23-9-7-18)15-10-13-6-8-19-11-16(13)20-15/h2-6,8,10-11,20H,7,9,18H2,1H3/b21-17+. The molecule has 0 radical (unpaired) electrons. The van der Waals surface area contributed by atoms with Gasteiger partial charge in [-0.15, -0.1) is 0 Å². The molecule has 0 aliphatic rings. The Kier molecular flexibility index (Phi) is 4.54. The van der Waals surface area contributed by atoms with Crippen LogP contribution < -0.4 is 10.5 Å². The molecule has 0 aliphatic carbocycles. The van der Waals surface area contributed by atoms with E-state index in [4.69, 9.17) is 15.3 Å². The molecule has 2 heterocycles. The summed E-state index contributed by atoms with van der Waals surface area (Å²) in [4.78, 5) is 12.7. The first-order valence-electron chi connectivity index (χ1n) is 7.29. The molecule has 0 amide bonds. The van der Waals surface area contributed by atoms with Crippen LogP contribution in [0, 0.1) is 0 Å². The Bertz CT molecular complexity index is 776. The van der Waals surface area contributed by atoms with E-state index in [0.717, 1.165) is 27.9 Å². The second-order valence-electron chi connectivity index (χ2n) is 4.94. The van der Waals surface area contributed by atoms with E-state index in [9.17, 15) is 0 Å². The van der Waals surface area contributed by atoms with Crippen molar-refractivity contribution in [3.8, 4) is 5.75 Å². The van der Waals surface area contributed by atoms with Crippen molar-refractivity contribution in [2.75, 3.05) is 20.3 Å². The number of aromatic nitrogens is 2. The van der Waals surface area contributed by atoms with Gasteiger partial charge in [0, 0.05) is 23.7 Å². The predicted octanol–water partition coefficient (Wildman–Crippen LogP) is 2.30. The molecule has 0 aliphatic heterocycles. The van der Waals surface area contributed by atoms with Gasteiger partial charge in [-0.25, -0.2) is 0 Å². The molecule has 3 N–H and O–H groups in total. The van der Waals surface area contributed by atoms with Crippen LogP contribution in [0.4, 0.5) is 0 Å². The minimum absolute atomic E-state index is 0.363. The molecule has 1 aromatic carbocycles. The zero-order chi connectivity index (χ0) is 16.1. The average molecular weight is 310 g/mol. The van der Waals surface area contributed by atoms with Crippen molar-refractivity contribution in [2.24, 2.45) is 10.9 Å². The summed E-state index contributed by atoms with van der Waals surface area (Å²) in [6.07, 6.45) is 3.54. The van der Waals surface area contributed by atoms with Crippen molar-refractivity contribution < 1.29 is 9.57 Å². The molecule has 0 atom stereocenters. The first-order valence-corrected chi connectivity index (χ1v) is 7.29. The Labute approximate surface area is 133 Å². The van der Waals surface area contributed by atoms with Crippen LogP contribution in [0.3, 0.4) is 0 Å². The summed E-state index contributed by atoms with van der Waals surface area (Å²) in [7, 11) is 1.64. The third kappa shape index (κ3) is 3.32. The highest BCUT2D eigenvalue weighted by Gasteiger charge is 2.12. The van der Waals surface area contributed by atoms with Crippen molar-refractivity contribution in [1.82, 2.24) is 9.97 Å². The van der Waals surface area contributed by atoms with Crippen molar-refractivity contribution >= 4 is 16.6 Å². The van der Waals surface area contributed by atoms with E-state index in [2.05, 4.69) is 15.1 Å². The summed E-state index contributed by atoms with van der Waals surface area (Å²) in [5.74, 6) is 0.789. The third-order valence-electron chi connectivity index (χ3n) is 3.41. The molecule has 0 bridgehead atoms. The molecule has 2 aromatic heterocycles. The number of aromatic amines is 1. The molecule has 0 fully saturated rings. The van der Waals surface area contributed by atoms with E-state index < -0.39 is 0 Å². The van der Waals surface area contributed by atoms with Crippen LogP contribution in [0.25, 0.3) is 10.9 Å². The van der Waals surface area contributed by atoms with Crippen LogP contribution >= 0.6 is 0 Å². The van der Waals surface area contributed by atoms with Gasteiger partial charge in [-0.05, 0) is 36.4 Å². The molecule has 0 saturated heterocycles. The molecule has 0 saturated carbocycles. The van der Waals surface area contributed by atoms with Gasteiger partial charge in [0.25, 0.3) is 0 Å². The second-order valence-corrected chi connectivity index (χ2v) is 4.94. The van der Waals surface area contributed by atoms with Gasteiger partial charge in [-0.3, -0.25) is 4.98 Å². The fourth-order valence-corrected chi connectivity index (χ4v) is 2.27. The number of benzene rings is 1. The lowest BCUT2D eigenvalue weighted by atomic mass is 10.1. The van der Waals surface area contributed by atoms with Crippen molar-refractivity contribution in [3.05, 3.63) is 60.0 Å². The molecular formula is C17H18N4O2. The van der Waals surface area contributed by atoms with E-state index in [1.54, 1.807) is 19.5 Å². The number of pyridine rings is 1. The summed E-state index contributed by atoms with van der Waals surface area (Å²) in [5, 5.41) is 5.31. The van der Waals surface area contributed by atoms with Crippen molar-refractivity contribution in [3.63, 3.8) is 0 Å². The number of H-pyrrole nitrogens is 1. The quantitative estimate of drug-likeness (QED) is 0.415. The summed E-state index contributed by atoms with van der Waals surface area (Å²) >= 11 is 0. The number of rotatable bonds is 6. The Morgan fingerprint density at radius 2 is 2.09 bits per heavy atom. The van der Waals surface area contributed by atoms with Crippen LogP contribution in [-0.2, 0) is 4.84 Å². The number of hydrogen-bond acceptors (Lipinski definition) is 5. The topological polar surface area (TPSA) is 85.5 Å². The molecule has 3 rings (SSSR count). The lowest BCUT2D eigenvalue weighted by molar-refractivity contribution is 0.152. The lowest BCUT2D eigenvalue weighted by Gasteiger charge is -2.06. The van der Waals surface area contributed by atoms with Crippen LogP contribution in [0.1, 0.15) is 11.3 Å². The van der Waals surface area contributed by atoms with E-state index in [1.807, 2.05) is 36.4 Å². The van der Waals surface area contributed by atoms with E-state index in [-0.39, 0.29) is 0 Å². The molecule has 0 unspecified atom stereocenters. The molecule has 0 spiro atoms.